The predicted molar refractivity (Wildman–Crippen MR) is 127 cm³/mol. The van der Waals surface area contributed by atoms with Crippen LogP contribution in [-0.2, 0) is 56.6 Å². The van der Waals surface area contributed by atoms with Crippen LogP contribution in [0.5, 0.6) is 0 Å². The van der Waals surface area contributed by atoms with Gasteiger partial charge in [-0.2, -0.15) is 0 Å². The van der Waals surface area contributed by atoms with E-state index in [1.165, 1.54) is 0 Å². The van der Waals surface area contributed by atoms with Gasteiger partial charge >= 0.3 is 17.9 Å². The van der Waals surface area contributed by atoms with Crippen molar-refractivity contribution < 1.29 is 71.9 Å². The van der Waals surface area contributed by atoms with E-state index in [-0.39, 0.29) is 64.8 Å². The number of nitrogens with zero attached hydrogens (tertiary/aromatic N) is 4. The number of nitrogens with one attached hydrogen (secondary N) is 1. The number of rotatable bonds is 14. The molecule has 205 valence electrons. The first-order valence-electron chi connectivity index (χ1n) is 12.1. The van der Waals surface area contributed by atoms with Crippen molar-refractivity contribution in [3.63, 3.8) is 0 Å². The summed E-state index contributed by atoms with van der Waals surface area (Å²) in [6, 6.07) is 0. The second-order valence-corrected chi connectivity index (χ2v) is 8.60. The van der Waals surface area contributed by atoms with Crippen molar-refractivity contribution in [3.05, 3.63) is 0 Å². The van der Waals surface area contributed by atoms with Gasteiger partial charge in [0.1, 0.15) is 0 Å². The molecule has 0 aliphatic carbocycles. The Hall–Kier alpha value is -1.22. The fraction of sp³-hybridized carbons (Fsp3) is 0.818. The van der Waals surface area contributed by atoms with Crippen molar-refractivity contribution in [2.24, 2.45) is 0 Å². The molecule has 1 fully saturated rings. The standard InChI is InChI=1S/C22H41N5O8.Y/c1-2-13-35-14-3-4-23-19(28)15-24-5-7-25(16-20(29)30)9-11-27(18-22(33)34)12-10-26(8-6-24)17-21(31)32;/h2-18H2,1H3,(H,23,28)(H,29,30)(H,31,32)(H,33,34);. The summed E-state index contributed by atoms with van der Waals surface area (Å²) in [5, 5.41) is 30.6. The first-order chi connectivity index (χ1) is 16.7. The van der Waals surface area contributed by atoms with Crippen LogP contribution < -0.4 is 5.32 Å². The molecule has 0 aromatic rings. The van der Waals surface area contributed by atoms with Crippen LogP contribution in [0.15, 0.2) is 0 Å². The number of hydrogen-bond donors (Lipinski definition) is 4. The fourth-order valence-electron chi connectivity index (χ4n) is 3.69. The third-order valence-corrected chi connectivity index (χ3v) is 5.51. The van der Waals surface area contributed by atoms with Crippen LogP contribution >= 0.6 is 0 Å². The molecule has 1 aliphatic heterocycles. The zero-order valence-electron chi connectivity index (χ0n) is 21.3. The number of aliphatic carboxylic acids is 3. The normalized spacial score (nSPS) is 17.4. The molecule has 0 unspecified atom stereocenters. The predicted octanol–water partition coefficient (Wildman–Crippen LogP) is -1.61. The zero-order valence-corrected chi connectivity index (χ0v) is 24.1. The van der Waals surface area contributed by atoms with Gasteiger partial charge in [-0.3, -0.25) is 38.8 Å². The molecule has 0 saturated carbocycles. The summed E-state index contributed by atoms with van der Waals surface area (Å²) >= 11 is 0. The van der Waals surface area contributed by atoms with Crippen LogP contribution in [-0.4, -0.2) is 157 Å². The quantitative estimate of drug-likeness (QED) is 0.171. The zero-order chi connectivity index (χ0) is 26.1. The Balaban J connectivity index is 0.0000122. The molecule has 1 rings (SSSR count). The summed E-state index contributed by atoms with van der Waals surface area (Å²) in [6.07, 6.45) is 1.65. The average molecular weight is 593 g/mol. The molecule has 1 amide bonds. The molecule has 0 atom stereocenters. The third kappa shape index (κ3) is 18.1. The summed E-state index contributed by atoms with van der Waals surface area (Å²) < 4.78 is 5.40. The first-order valence-corrected chi connectivity index (χ1v) is 12.1. The number of ether oxygens (including phenoxy) is 1. The van der Waals surface area contributed by atoms with Gasteiger partial charge in [-0.15, -0.1) is 0 Å². The van der Waals surface area contributed by atoms with Crippen molar-refractivity contribution in [3.8, 4) is 0 Å². The summed E-state index contributed by atoms with van der Waals surface area (Å²) in [7, 11) is 0. The Morgan fingerprint density at radius 3 is 1.36 bits per heavy atom. The monoisotopic (exact) mass is 592 g/mol. The van der Waals surface area contributed by atoms with Gasteiger partial charge in [0, 0.05) is 105 Å². The molecular weight excluding hydrogens is 551 g/mol. The van der Waals surface area contributed by atoms with Gasteiger partial charge < -0.3 is 25.4 Å². The summed E-state index contributed by atoms with van der Waals surface area (Å²) in [5.74, 6) is -3.12. The Morgan fingerprint density at radius 2 is 1.03 bits per heavy atom. The van der Waals surface area contributed by atoms with E-state index < -0.39 is 17.9 Å². The molecule has 36 heavy (non-hydrogen) atoms. The van der Waals surface area contributed by atoms with Gasteiger partial charge in [0.05, 0.1) is 26.2 Å². The average Bonchev–Trinajstić information content (AvgIpc) is 2.77. The number of carboxylic acid groups (broad SMARTS) is 3. The van der Waals surface area contributed by atoms with Gasteiger partial charge in [0.2, 0.25) is 5.91 Å². The molecular formula is C22H41N5O8Y. The molecule has 13 nitrogen and oxygen atoms in total. The number of hydrogen-bond acceptors (Lipinski definition) is 9. The SMILES string of the molecule is CCCOCCCNC(=O)CN1CCN(CC(=O)O)CCN(CC(=O)O)CCN(CC(=O)O)CC1.[Y]. The van der Waals surface area contributed by atoms with E-state index in [1.54, 1.807) is 14.7 Å². The molecule has 1 saturated heterocycles. The number of carbonyl (C=O) groups is 4. The van der Waals surface area contributed by atoms with Crippen LogP contribution in [0.1, 0.15) is 19.8 Å². The number of amides is 1. The van der Waals surface area contributed by atoms with Crippen LogP contribution in [0.25, 0.3) is 0 Å². The summed E-state index contributed by atoms with van der Waals surface area (Å²) in [5.41, 5.74) is 0. The largest absolute Gasteiger partial charge is 0.480 e. The molecule has 1 heterocycles. The van der Waals surface area contributed by atoms with Crippen molar-refractivity contribution in [2.45, 2.75) is 19.8 Å². The van der Waals surface area contributed by atoms with E-state index in [2.05, 4.69) is 5.32 Å². The Bertz CT molecular complexity index is 640. The molecule has 1 radical (unpaired) electrons. The van der Waals surface area contributed by atoms with Gasteiger partial charge in [0.25, 0.3) is 0 Å². The topological polar surface area (TPSA) is 163 Å². The van der Waals surface area contributed by atoms with Gasteiger partial charge in [-0.25, -0.2) is 0 Å². The maximum Gasteiger partial charge on any atom is 0.317 e. The van der Waals surface area contributed by atoms with Crippen LogP contribution in [0.3, 0.4) is 0 Å². The van der Waals surface area contributed by atoms with Crippen molar-refractivity contribution in [1.82, 2.24) is 24.9 Å². The molecule has 4 N–H and O–H groups in total. The summed E-state index contributed by atoms with van der Waals surface area (Å²) in [6.45, 7) is 6.25. The van der Waals surface area contributed by atoms with E-state index in [9.17, 15) is 34.5 Å². The number of carboxylic acids is 3. The molecule has 0 aromatic heterocycles. The van der Waals surface area contributed by atoms with Gasteiger partial charge in [-0.1, -0.05) is 6.92 Å². The van der Waals surface area contributed by atoms with Crippen molar-refractivity contribution in [1.29, 1.82) is 0 Å². The Labute approximate surface area is 238 Å². The smallest absolute Gasteiger partial charge is 0.317 e. The van der Waals surface area contributed by atoms with E-state index in [0.29, 0.717) is 78.5 Å². The maximum atomic E-state index is 12.5. The van der Waals surface area contributed by atoms with E-state index in [4.69, 9.17) is 4.74 Å². The Kier molecular flexibility index (Phi) is 20.1. The molecule has 0 spiro atoms. The maximum absolute atomic E-state index is 12.5. The van der Waals surface area contributed by atoms with Crippen molar-refractivity contribution >= 4 is 23.8 Å². The van der Waals surface area contributed by atoms with Crippen molar-refractivity contribution in [2.75, 3.05) is 98.3 Å². The van der Waals surface area contributed by atoms with Crippen LogP contribution in [0.2, 0.25) is 0 Å². The molecule has 0 bridgehead atoms. The van der Waals surface area contributed by atoms with Gasteiger partial charge in [0.15, 0.2) is 0 Å². The fourth-order valence-corrected chi connectivity index (χ4v) is 3.69. The number of carbonyl (C=O) groups excluding carboxylic acids is 1. The molecule has 1 aliphatic rings. The first kappa shape index (κ1) is 34.8. The minimum atomic E-state index is -0.999. The van der Waals surface area contributed by atoms with Crippen LogP contribution in [0.4, 0.5) is 0 Å². The second-order valence-electron chi connectivity index (χ2n) is 8.60. The molecule has 0 aromatic carbocycles. The van der Waals surface area contributed by atoms with Crippen LogP contribution in [0, 0.1) is 0 Å². The molecule has 14 heteroatoms. The minimum Gasteiger partial charge on any atom is -0.480 e. The second kappa shape index (κ2) is 20.8. The van der Waals surface area contributed by atoms with E-state index in [0.717, 1.165) is 6.42 Å². The van der Waals surface area contributed by atoms with E-state index >= 15 is 0 Å². The third-order valence-electron chi connectivity index (χ3n) is 5.51. The Morgan fingerprint density at radius 1 is 0.667 bits per heavy atom. The minimum absolute atomic E-state index is 0. The summed E-state index contributed by atoms with van der Waals surface area (Å²) in [4.78, 5) is 53.4. The van der Waals surface area contributed by atoms with E-state index in [1.807, 2.05) is 11.8 Å². The van der Waals surface area contributed by atoms with Gasteiger partial charge in [-0.05, 0) is 12.8 Å².